The van der Waals surface area contributed by atoms with Gasteiger partial charge in [0.15, 0.2) is 0 Å². The van der Waals surface area contributed by atoms with Gasteiger partial charge in [-0.3, -0.25) is 0 Å². The Labute approximate surface area is 91.5 Å². The number of benzene rings is 1. The Bertz CT molecular complexity index is 296. The van der Waals surface area contributed by atoms with Crippen LogP contribution in [0, 0.1) is 6.92 Å². The minimum absolute atomic E-state index is 0.486. The summed E-state index contributed by atoms with van der Waals surface area (Å²) in [6, 6.07) is 6.60. The van der Waals surface area contributed by atoms with Gasteiger partial charge in [0.05, 0.1) is 10.7 Å². The molecule has 2 heteroatoms. The number of hydrogen-bond acceptors (Lipinski definition) is 1. The van der Waals surface area contributed by atoms with Crippen molar-refractivity contribution in [2.24, 2.45) is 0 Å². The van der Waals surface area contributed by atoms with Crippen molar-refractivity contribution in [1.82, 2.24) is 0 Å². The summed E-state index contributed by atoms with van der Waals surface area (Å²) in [6.45, 7) is 6.42. The van der Waals surface area contributed by atoms with Crippen molar-refractivity contribution in [3.8, 4) is 0 Å². The van der Waals surface area contributed by atoms with Crippen LogP contribution in [0.25, 0.3) is 0 Å². The minimum Gasteiger partial charge on any atom is -0.381 e. The van der Waals surface area contributed by atoms with Crippen molar-refractivity contribution in [3.05, 3.63) is 28.8 Å². The van der Waals surface area contributed by atoms with Gasteiger partial charge in [-0.1, -0.05) is 31.0 Å². The van der Waals surface area contributed by atoms with E-state index in [9.17, 15) is 0 Å². The van der Waals surface area contributed by atoms with Crippen LogP contribution in [0.5, 0.6) is 0 Å². The SMILES string of the molecule is CCCC(C)Nc1ccc(C)cc1Cl. The summed E-state index contributed by atoms with van der Waals surface area (Å²) in [5, 5.41) is 4.22. The van der Waals surface area contributed by atoms with Crippen molar-refractivity contribution in [3.63, 3.8) is 0 Å². The molecule has 0 radical (unpaired) electrons. The van der Waals surface area contributed by atoms with E-state index < -0.39 is 0 Å². The summed E-state index contributed by atoms with van der Waals surface area (Å²) in [6.07, 6.45) is 2.36. The topological polar surface area (TPSA) is 12.0 Å². The number of aryl methyl sites for hydroxylation is 1. The zero-order valence-electron chi connectivity index (χ0n) is 9.10. The van der Waals surface area contributed by atoms with Crippen LogP contribution in [-0.2, 0) is 0 Å². The highest BCUT2D eigenvalue weighted by molar-refractivity contribution is 6.33. The Morgan fingerprint density at radius 2 is 2.14 bits per heavy atom. The predicted molar refractivity (Wildman–Crippen MR) is 64.2 cm³/mol. The molecule has 14 heavy (non-hydrogen) atoms. The van der Waals surface area contributed by atoms with E-state index in [1.807, 2.05) is 19.1 Å². The third-order valence-corrected chi connectivity index (χ3v) is 2.56. The van der Waals surface area contributed by atoms with E-state index in [1.54, 1.807) is 0 Å². The lowest BCUT2D eigenvalue weighted by atomic mass is 10.1. The highest BCUT2D eigenvalue weighted by atomic mass is 35.5. The van der Waals surface area contributed by atoms with Gasteiger partial charge < -0.3 is 5.32 Å². The largest absolute Gasteiger partial charge is 0.381 e. The zero-order valence-corrected chi connectivity index (χ0v) is 9.86. The van der Waals surface area contributed by atoms with Crippen LogP contribution in [0.1, 0.15) is 32.3 Å². The summed E-state index contributed by atoms with van der Waals surface area (Å²) in [5.41, 5.74) is 2.24. The molecular weight excluding hydrogens is 194 g/mol. The van der Waals surface area contributed by atoms with E-state index in [2.05, 4.69) is 25.2 Å². The molecule has 1 aromatic carbocycles. The monoisotopic (exact) mass is 211 g/mol. The lowest BCUT2D eigenvalue weighted by Gasteiger charge is -2.15. The Balaban J connectivity index is 2.67. The molecule has 0 bridgehead atoms. The quantitative estimate of drug-likeness (QED) is 0.785. The van der Waals surface area contributed by atoms with Gasteiger partial charge in [0.2, 0.25) is 0 Å². The molecule has 0 spiro atoms. The number of halogens is 1. The Morgan fingerprint density at radius 1 is 1.43 bits per heavy atom. The van der Waals surface area contributed by atoms with Crippen LogP contribution in [0.4, 0.5) is 5.69 Å². The van der Waals surface area contributed by atoms with Crippen LogP contribution in [0.2, 0.25) is 5.02 Å². The maximum Gasteiger partial charge on any atom is 0.0640 e. The van der Waals surface area contributed by atoms with Crippen LogP contribution < -0.4 is 5.32 Å². The van der Waals surface area contributed by atoms with Crippen LogP contribution >= 0.6 is 11.6 Å². The van der Waals surface area contributed by atoms with Gasteiger partial charge in [0.25, 0.3) is 0 Å². The van der Waals surface area contributed by atoms with Gasteiger partial charge in [-0.25, -0.2) is 0 Å². The predicted octanol–water partition coefficient (Wildman–Crippen LogP) is 4.25. The van der Waals surface area contributed by atoms with E-state index in [4.69, 9.17) is 11.6 Å². The first-order valence-corrected chi connectivity index (χ1v) is 5.54. The van der Waals surface area contributed by atoms with Crippen molar-refractivity contribution >= 4 is 17.3 Å². The molecule has 0 aliphatic carbocycles. The standard InChI is InChI=1S/C12H18ClN/c1-4-5-10(3)14-12-7-6-9(2)8-11(12)13/h6-8,10,14H,4-5H2,1-3H3. The second kappa shape index (κ2) is 5.26. The molecule has 0 heterocycles. The average molecular weight is 212 g/mol. The van der Waals surface area contributed by atoms with Gasteiger partial charge in [-0.2, -0.15) is 0 Å². The molecule has 1 nitrogen and oxygen atoms in total. The highest BCUT2D eigenvalue weighted by Gasteiger charge is 2.03. The molecule has 0 amide bonds. The second-order valence-corrected chi connectivity index (χ2v) is 4.22. The molecule has 1 atom stereocenters. The Kier molecular flexibility index (Phi) is 4.27. The van der Waals surface area contributed by atoms with Crippen LogP contribution in [-0.4, -0.2) is 6.04 Å². The molecular formula is C12H18ClN. The maximum atomic E-state index is 6.11. The molecule has 1 aromatic rings. The molecule has 0 saturated carbocycles. The fourth-order valence-corrected chi connectivity index (χ4v) is 1.80. The summed E-state index contributed by atoms with van der Waals surface area (Å²) in [4.78, 5) is 0. The maximum absolute atomic E-state index is 6.11. The van der Waals surface area contributed by atoms with Crippen LogP contribution in [0.15, 0.2) is 18.2 Å². The normalized spacial score (nSPS) is 12.6. The lowest BCUT2D eigenvalue weighted by Crippen LogP contribution is -2.14. The molecule has 0 aliphatic rings. The first-order valence-electron chi connectivity index (χ1n) is 5.16. The average Bonchev–Trinajstić information content (AvgIpc) is 2.10. The number of rotatable bonds is 4. The minimum atomic E-state index is 0.486. The summed E-state index contributed by atoms with van der Waals surface area (Å²) >= 11 is 6.11. The molecule has 1 rings (SSSR count). The molecule has 0 fully saturated rings. The number of nitrogens with one attached hydrogen (secondary N) is 1. The number of hydrogen-bond donors (Lipinski definition) is 1. The smallest absolute Gasteiger partial charge is 0.0640 e. The number of anilines is 1. The van der Waals surface area contributed by atoms with Crippen molar-refractivity contribution in [2.45, 2.75) is 39.7 Å². The third kappa shape index (κ3) is 3.22. The molecule has 0 aromatic heterocycles. The van der Waals surface area contributed by atoms with Crippen molar-refractivity contribution < 1.29 is 0 Å². The zero-order chi connectivity index (χ0) is 10.6. The van der Waals surface area contributed by atoms with Crippen molar-refractivity contribution in [2.75, 3.05) is 5.32 Å². The van der Waals surface area contributed by atoms with Gasteiger partial charge in [0.1, 0.15) is 0 Å². The lowest BCUT2D eigenvalue weighted by molar-refractivity contribution is 0.690. The molecule has 78 valence electrons. The fraction of sp³-hybridized carbons (Fsp3) is 0.500. The Morgan fingerprint density at radius 3 is 2.71 bits per heavy atom. The molecule has 0 aliphatic heterocycles. The summed E-state index contributed by atoms with van der Waals surface area (Å²) < 4.78 is 0. The molecule has 1 N–H and O–H groups in total. The fourth-order valence-electron chi connectivity index (χ4n) is 1.51. The van der Waals surface area contributed by atoms with E-state index in [0.717, 1.165) is 10.7 Å². The van der Waals surface area contributed by atoms with E-state index in [-0.39, 0.29) is 0 Å². The Hall–Kier alpha value is -0.690. The van der Waals surface area contributed by atoms with Gasteiger partial charge >= 0.3 is 0 Å². The first kappa shape index (κ1) is 11.4. The second-order valence-electron chi connectivity index (χ2n) is 3.82. The van der Waals surface area contributed by atoms with Crippen LogP contribution in [0.3, 0.4) is 0 Å². The van der Waals surface area contributed by atoms with Crippen molar-refractivity contribution in [1.29, 1.82) is 0 Å². The summed E-state index contributed by atoms with van der Waals surface area (Å²) in [7, 11) is 0. The first-order chi connectivity index (χ1) is 6.63. The van der Waals surface area contributed by atoms with Gasteiger partial charge in [-0.15, -0.1) is 0 Å². The third-order valence-electron chi connectivity index (χ3n) is 2.25. The van der Waals surface area contributed by atoms with E-state index in [0.29, 0.717) is 6.04 Å². The molecule has 0 saturated heterocycles. The highest BCUT2D eigenvalue weighted by Crippen LogP contribution is 2.23. The van der Waals surface area contributed by atoms with E-state index >= 15 is 0 Å². The van der Waals surface area contributed by atoms with Gasteiger partial charge in [0, 0.05) is 6.04 Å². The van der Waals surface area contributed by atoms with Gasteiger partial charge in [-0.05, 0) is 38.0 Å². The van der Waals surface area contributed by atoms with E-state index in [1.165, 1.54) is 18.4 Å². The molecule has 1 unspecified atom stereocenters. The summed E-state index contributed by atoms with van der Waals surface area (Å²) in [5.74, 6) is 0.